The van der Waals surface area contributed by atoms with Gasteiger partial charge in [-0.3, -0.25) is 0 Å². The van der Waals surface area contributed by atoms with Crippen molar-refractivity contribution < 1.29 is 19.7 Å². The Morgan fingerprint density at radius 3 is 2.75 bits per heavy atom. The van der Waals surface area contributed by atoms with Gasteiger partial charge < -0.3 is 0 Å². The lowest BCUT2D eigenvalue weighted by atomic mass is 11.5. The van der Waals surface area contributed by atoms with Crippen LogP contribution in [0.1, 0.15) is 0 Å². The third-order valence-corrected chi connectivity index (χ3v) is 0.461. The van der Waals surface area contributed by atoms with Crippen LogP contribution >= 0.6 is 0 Å². The SMILES string of the molecule is O=[N+]([O-])N1OCOO1. The molecule has 0 aromatic carbocycles. The number of hydrazine groups is 1. The summed E-state index contributed by atoms with van der Waals surface area (Å²) in [5, 5.41) is 8.74. The molecule has 1 heterocycles. The highest BCUT2D eigenvalue weighted by Crippen LogP contribution is 2.00. The van der Waals surface area contributed by atoms with Crippen molar-refractivity contribution in [3.8, 4) is 0 Å². The van der Waals surface area contributed by atoms with Crippen LogP contribution < -0.4 is 0 Å². The van der Waals surface area contributed by atoms with Crippen LogP contribution in [-0.4, -0.2) is 17.2 Å². The molecule has 1 fully saturated rings. The number of hydrogen-bond acceptors (Lipinski definition) is 5. The van der Waals surface area contributed by atoms with Gasteiger partial charge in [0.05, 0.1) is 0 Å². The summed E-state index contributed by atoms with van der Waals surface area (Å²) in [4.78, 5) is 21.5. The summed E-state index contributed by atoms with van der Waals surface area (Å²) < 4.78 is 0. The van der Waals surface area contributed by atoms with Crippen molar-refractivity contribution in [2.24, 2.45) is 0 Å². The van der Waals surface area contributed by atoms with Gasteiger partial charge in [-0.2, -0.15) is 9.73 Å². The number of nitrogens with zero attached hydrogens (tertiary/aromatic N) is 2. The highest BCUT2D eigenvalue weighted by atomic mass is 17.4. The van der Waals surface area contributed by atoms with Crippen molar-refractivity contribution in [1.29, 1.82) is 0 Å². The van der Waals surface area contributed by atoms with Crippen LogP contribution in [0.5, 0.6) is 0 Å². The molecule has 46 valence electrons. The maximum Gasteiger partial charge on any atom is 0.218 e. The summed E-state index contributed by atoms with van der Waals surface area (Å²) in [5.41, 5.74) is 0. The molecule has 1 aliphatic heterocycles. The van der Waals surface area contributed by atoms with Gasteiger partial charge >= 0.3 is 0 Å². The third-order valence-electron chi connectivity index (χ3n) is 0.461. The van der Waals surface area contributed by atoms with Gasteiger partial charge in [0.25, 0.3) is 0 Å². The summed E-state index contributed by atoms with van der Waals surface area (Å²) in [6, 6.07) is 0. The molecule has 0 unspecified atom stereocenters. The Bertz CT molecular complexity index is 96.6. The lowest BCUT2D eigenvalue weighted by Crippen LogP contribution is -2.23. The predicted octanol–water partition coefficient (Wildman–Crippen LogP) is -0.754. The maximum atomic E-state index is 9.60. The fourth-order valence-corrected chi connectivity index (χ4v) is 0.229. The van der Waals surface area contributed by atoms with Gasteiger partial charge in [-0.1, -0.05) is 0 Å². The van der Waals surface area contributed by atoms with E-state index in [1.807, 2.05) is 0 Å². The molecule has 8 heavy (non-hydrogen) atoms. The van der Waals surface area contributed by atoms with Crippen LogP contribution in [0.2, 0.25) is 0 Å². The number of nitro groups is 1. The van der Waals surface area contributed by atoms with E-state index >= 15 is 0 Å². The summed E-state index contributed by atoms with van der Waals surface area (Å²) in [6.07, 6.45) is 0. The molecule has 1 saturated heterocycles. The van der Waals surface area contributed by atoms with E-state index in [9.17, 15) is 10.1 Å². The van der Waals surface area contributed by atoms with Gasteiger partial charge in [0.1, 0.15) is 0 Å². The minimum atomic E-state index is -0.896. The second kappa shape index (κ2) is 1.90. The molecule has 1 aliphatic rings. The van der Waals surface area contributed by atoms with Crippen molar-refractivity contribution >= 4 is 0 Å². The first-order valence-corrected chi connectivity index (χ1v) is 1.67. The van der Waals surface area contributed by atoms with Crippen molar-refractivity contribution in [2.75, 3.05) is 6.79 Å². The zero-order valence-electron chi connectivity index (χ0n) is 3.64. The van der Waals surface area contributed by atoms with Crippen molar-refractivity contribution in [2.45, 2.75) is 0 Å². The standard InChI is InChI=1S/CH2N2O5/c4-2(5)3-6-1-7-8-3/h1H2. The maximum absolute atomic E-state index is 9.60. The monoisotopic (exact) mass is 122 g/mol. The van der Waals surface area contributed by atoms with Gasteiger partial charge in [-0.15, -0.1) is 0 Å². The van der Waals surface area contributed by atoms with Crippen LogP contribution in [0.4, 0.5) is 0 Å². The molecule has 0 N–H and O–H groups in total. The van der Waals surface area contributed by atoms with Crippen LogP contribution in [0, 0.1) is 10.1 Å². The van der Waals surface area contributed by atoms with Crippen LogP contribution in [0.25, 0.3) is 0 Å². The van der Waals surface area contributed by atoms with Crippen LogP contribution in [0.3, 0.4) is 0 Å². The van der Waals surface area contributed by atoms with E-state index in [0.717, 1.165) is 0 Å². The second-order valence-electron chi connectivity index (χ2n) is 0.915. The summed E-state index contributed by atoms with van der Waals surface area (Å²) in [6.45, 7) is -0.249. The minimum Gasteiger partial charge on any atom is -0.231 e. The Labute approximate surface area is 43.3 Å². The lowest BCUT2D eigenvalue weighted by molar-refractivity contribution is -0.815. The Morgan fingerprint density at radius 2 is 2.50 bits per heavy atom. The van der Waals surface area contributed by atoms with Crippen LogP contribution in [-0.2, 0) is 14.7 Å². The Balaban J connectivity index is 2.35. The number of hydrogen-bond donors (Lipinski definition) is 0. The van der Waals surface area contributed by atoms with Crippen molar-refractivity contribution in [1.82, 2.24) is 5.34 Å². The average Bonchev–Trinajstić information content (AvgIpc) is 2.12. The fourth-order valence-electron chi connectivity index (χ4n) is 0.229. The number of rotatable bonds is 1. The minimum absolute atomic E-state index is 0.0278. The molecular formula is CH2N2O5. The van der Waals surface area contributed by atoms with Crippen LogP contribution in [0.15, 0.2) is 0 Å². The first kappa shape index (κ1) is 5.22. The van der Waals surface area contributed by atoms with Gasteiger partial charge in [-0.25, -0.2) is 10.1 Å². The highest BCUT2D eigenvalue weighted by Gasteiger charge is 2.24. The predicted molar refractivity (Wildman–Crippen MR) is 17.0 cm³/mol. The van der Waals surface area contributed by atoms with E-state index in [4.69, 9.17) is 0 Å². The third kappa shape index (κ3) is 0.832. The molecule has 1 rings (SSSR count). The quantitative estimate of drug-likeness (QED) is 0.258. The molecule has 0 aromatic rings. The summed E-state index contributed by atoms with van der Waals surface area (Å²) >= 11 is 0. The van der Waals surface area contributed by atoms with Gasteiger partial charge in [-0.05, 0) is 4.99 Å². The normalized spacial score (nSPS) is 19.2. The summed E-state index contributed by atoms with van der Waals surface area (Å²) in [5.74, 6) is 0. The van der Waals surface area contributed by atoms with E-state index in [0.29, 0.717) is 0 Å². The van der Waals surface area contributed by atoms with Crippen molar-refractivity contribution in [3.63, 3.8) is 0 Å². The van der Waals surface area contributed by atoms with Crippen molar-refractivity contribution in [3.05, 3.63) is 10.1 Å². The van der Waals surface area contributed by atoms with E-state index in [1.54, 1.807) is 0 Å². The van der Waals surface area contributed by atoms with Gasteiger partial charge in [0, 0.05) is 0 Å². The molecule has 7 heteroatoms. The molecule has 0 bridgehead atoms. The van der Waals surface area contributed by atoms with E-state index < -0.39 is 5.03 Å². The molecule has 0 spiro atoms. The van der Waals surface area contributed by atoms with E-state index in [-0.39, 0.29) is 12.1 Å². The molecule has 0 aliphatic carbocycles. The van der Waals surface area contributed by atoms with Gasteiger partial charge in [0.15, 0.2) is 5.34 Å². The average molecular weight is 122 g/mol. The largest absolute Gasteiger partial charge is 0.231 e. The van der Waals surface area contributed by atoms with Gasteiger partial charge in [0.2, 0.25) is 11.8 Å². The Kier molecular flexibility index (Phi) is 1.24. The summed E-state index contributed by atoms with van der Waals surface area (Å²) in [7, 11) is 0. The first-order chi connectivity index (χ1) is 3.80. The molecule has 0 aromatic heterocycles. The molecule has 0 radical (unpaired) electrons. The smallest absolute Gasteiger partial charge is 0.218 e. The molecular weight excluding hydrogens is 120 g/mol. The highest BCUT2D eigenvalue weighted by molar-refractivity contribution is 3.96. The topological polar surface area (TPSA) is 74.1 Å². The lowest BCUT2D eigenvalue weighted by Gasteiger charge is -1.93. The molecule has 0 amide bonds. The molecule has 0 atom stereocenters. The van der Waals surface area contributed by atoms with E-state index in [2.05, 4.69) is 14.7 Å². The van der Waals surface area contributed by atoms with E-state index in [1.165, 1.54) is 0 Å². The zero-order valence-corrected chi connectivity index (χ0v) is 3.64. The molecule has 7 nitrogen and oxygen atoms in total. The zero-order chi connectivity index (χ0) is 5.98. The second-order valence-corrected chi connectivity index (χ2v) is 0.915. The fraction of sp³-hybridized carbons (Fsp3) is 1.00. The first-order valence-electron chi connectivity index (χ1n) is 1.67. The molecule has 0 saturated carbocycles. The Morgan fingerprint density at radius 1 is 1.75 bits per heavy atom. The Hall–Kier alpha value is -0.920.